The predicted molar refractivity (Wildman–Crippen MR) is 84.3 cm³/mol. The number of amides is 1. The molecule has 1 aliphatic heterocycles. The molecule has 21 heavy (non-hydrogen) atoms. The van der Waals surface area contributed by atoms with Crippen LogP contribution in [-0.4, -0.2) is 23.4 Å². The van der Waals surface area contributed by atoms with Gasteiger partial charge in [-0.3, -0.25) is 4.79 Å². The fraction of sp³-hybridized carbons (Fsp3) is 0.357. The number of hydrogen-bond donors (Lipinski definition) is 2. The first-order valence-electron chi connectivity index (χ1n) is 6.50. The van der Waals surface area contributed by atoms with Gasteiger partial charge >= 0.3 is 0 Å². The van der Waals surface area contributed by atoms with Crippen LogP contribution in [0.25, 0.3) is 0 Å². The third kappa shape index (κ3) is 4.11. The highest BCUT2D eigenvalue weighted by atomic mass is 79.9. The highest BCUT2D eigenvalue weighted by Gasteiger charge is 2.26. The quantitative estimate of drug-likeness (QED) is 0.794. The molecule has 2 N–H and O–H groups in total. The maximum atomic E-state index is 13.3. The molecule has 4 nitrogen and oxygen atoms in total. The van der Waals surface area contributed by atoms with Crippen LogP contribution in [0.3, 0.4) is 0 Å². The smallest absolute Gasteiger partial charge is 0.239 e. The van der Waals surface area contributed by atoms with Crippen LogP contribution in [0.1, 0.15) is 25.6 Å². The summed E-state index contributed by atoms with van der Waals surface area (Å²) < 4.78 is 14.0. The Morgan fingerprint density at radius 2 is 2.29 bits per heavy atom. The molecule has 0 aromatic heterocycles. The number of halogens is 3. The minimum Gasteiger partial charge on any atom is -0.355 e. The van der Waals surface area contributed by atoms with Crippen molar-refractivity contribution in [3.63, 3.8) is 0 Å². The van der Waals surface area contributed by atoms with E-state index < -0.39 is 5.82 Å². The van der Waals surface area contributed by atoms with E-state index in [0.717, 1.165) is 10.2 Å². The lowest BCUT2D eigenvalue weighted by Crippen LogP contribution is -2.40. The van der Waals surface area contributed by atoms with Gasteiger partial charge in [-0.1, -0.05) is 17.7 Å². The van der Waals surface area contributed by atoms with Crippen molar-refractivity contribution in [2.45, 2.75) is 26.1 Å². The van der Waals surface area contributed by atoms with Gasteiger partial charge in [0.1, 0.15) is 12.0 Å². The van der Waals surface area contributed by atoms with Gasteiger partial charge in [-0.25, -0.2) is 4.39 Å². The fourth-order valence-electron chi connectivity index (χ4n) is 2.10. The lowest BCUT2D eigenvalue weighted by Gasteiger charge is -2.26. The highest BCUT2D eigenvalue weighted by molar-refractivity contribution is 9.11. The Kier molecular flexibility index (Phi) is 5.11. The third-order valence-electron chi connectivity index (χ3n) is 2.92. The molecule has 1 amide bonds. The van der Waals surface area contributed by atoms with Crippen molar-refractivity contribution in [3.8, 4) is 0 Å². The molecular formula is C14H16BrClFN3O. The molecule has 1 aliphatic rings. The summed E-state index contributed by atoms with van der Waals surface area (Å²) in [6.07, 6.45) is 1.53. The summed E-state index contributed by atoms with van der Waals surface area (Å²) in [7, 11) is 0. The topological polar surface area (TPSA) is 44.4 Å². The zero-order chi connectivity index (χ0) is 15.6. The molecule has 0 saturated heterocycles. The molecule has 7 heteroatoms. The molecule has 0 saturated carbocycles. The lowest BCUT2D eigenvalue weighted by molar-refractivity contribution is -0.122. The van der Waals surface area contributed by atoms with Crippen molar-refractivity contribution in [1.29, 1.82) is 0 Å². The van der Waals surface area contributed by atoms with Crippen LogP contribution in [0.5, 0.6) is 0 Å². The Balaban J connectivity index is 2.14. The average Bonchev–Trinajstić information content (AvgIpc) is 2.72. The minimum absolute atomic E-state index is 0.0592. The minimum atomic E-state index is -0.463. The molecule has 1 aromatic carbocycles. The zero-order valence-corrected chi connectivity index (χ0v) is 14.0. The van der Waals surface area contributed by atoms with Gasteiger partial charge in [-0.2, -0.15) is 0 Å². The first kappa shape index (κ1) is 16.1. The Morgan fingerprint density at radius 1 is 1.57 bits per heavy atom. The van der Waals surface area contributed by atoms with Crippen molar-refractivity contribution >= 4 is 33.4 Å². The largest absolute Gasteiger partial charge is 0.355 e. The summed E-state index contributed by atoms with van der Waals surface area (Å²) in [5.74, 6) is -0.544. The molecule has 0 aliphatic carbocycles. The van der Waals surface area contributed by atoms with Crippen molar-refractivity contribution in [2.75, 3.05) is 6.54 Å². The zero-order valence-electron chi connectivity index (χ0n) is 11.7. The van der Waals surface area contributed by atoms with Crippen molar-refractivity contribution in [3.05, 3.63) is 45.4 Å². The van der Waals surface area contributed by atoms with Crippen LogP contribution in [0.4, 0.5) is 4.39 Å². The van der Waals surface area contributed by atoms with Crippen LogP contribution in [0.15, 0.2) is 29.0 Å². The summed E-state index contributed by atoms with van der Waals surface area (Å²) >= 11 is 9.18. The average molecular weight is 377 g/mol. The molecule has 0 spiro atoms. The summed E-state index contributed by atoms with van der Waals surface area (Å²) in [5.41, 5.74) is 0.782. The second-order valence-corrected chi connectivity index (χ2v) is 6.35. The summed E-state index contributed by atoms with van der Waals surface area (Å²) in [6, 6.07) is 4.60. The van der Waals surface area contributed by atoms with Crippen LogP contribution in [0, 0.1) is 5.82 Å². The van der Waals surface area contributed by atoms with Crippen molar-refractivity contribution in [1.82, 2.24) is 15.5 Å². The normalized spacial score (nSPS) is 17.7. The Labute approximate surface area is 136 Å². The van der Waals surface area contributed by atoms with E-state index >= 15 is 0 Å². The Bertz CT molecular complexity index is 579. The maximum absolute atomic E-state index is 13.3. The van der Waals surface area contributed by atoms with Crippen LogP contribution in [-0.2, 0) is 4.79 Å². The van der Waals surface area contributed by atoms with Gasteiger partial charge in [-0.05, 0) is 47.5 Å². The number of carbonyl (C=O) groups is 1. The molecule has 0 bridgehead atoms. The molecule has 2 rings (SSSR count). The number of hydrogen-bond acceptors (Lipinski definition) is 3. The first-order chi connectivity index (χ1) is 9.86. The van der Waals surface area contributed by atoms with Crippen LogP contribution >= 0.6 is 27.5 Å². The van der Waals surface area contributed by atoms with Gasteiger partial charge in [0.05, 0.1) is 16.2 Å². The number of carbonyl (C=O) groups excluding carboxylic acids is 1. The van der Waals surface area contributed by atoms with Crippen molar-refractivity contribution in [2.24, 2.45) is 0 Å². The predicted octanol–water partition coefficient (Wildman–Crippen LogP) is 3.10. The van der Waals surface area contributed by atoms with Gasteiger partial charge in [0.15, 0.2) is 0 Å². The summed E-state index contributed by atoms with van der Waals surface area (Å²) in [5, 5.41) is 6.07. The summed E-state index contributed by atoms with van der Waals surface area (Å²) in [6.45, 7) is 4.01. The van der Waals surface area contributed by atoms with E-state index in [1.165, 1.54) is 6.07 Å². The lowest BCUT2D eigenvalue weighted by atomic mass is 10.1. The second kappa shape index (κ2) is 6.66. The number of nitrogens with zero attached hydrogens (tertiary/aromatic N) is 1. The van der Waals surface area contributed by atoms with Crippen LogP contribution < -0.4 is 10.6 Å². The Hall–Kier alpha value is -1.27. The molecule has 1 atom stereocenters. The third-order valence-corrected chi connectivity index (χ3v) is 3.64. The van der Waals surface area contributed by atoms with E-state index in [1.54, 1.807) is 18.3 Å². The van der Waals surface area contributed by atoms with Crippen LogP contribution in [0.2, 0.25) is 5.02 Å². The molecule has 1 unspecified atom stereocenters. The molecule has 1 heterocycles. The van der Waals surface area contributed by atoms with Gasteiger partial charge in [-0.15, -0.1) is 0 Å². The molecular weight excluding hydrogens is 361 g/mol. The molecule has 0 fully saturated rings. The molecule has 1 aromatic rings. The second-order valence-electron chi connectivity index (χ2n) is 5.09. The van der Waals surface area contributed by atoms with E-state index in [2.05, 4.69) is 26.6 Å². The summed E-state index contributed by atoms with van der Waals surface area (Å²) in [4.78, 5) is 13.7. The van der Waals surface area contributed by atoms with Gasteiger partial charge in [0, 0.05) is 12.2 Å². The standard InChI is InChI=1S/C14H16BrClFN3O/c1-8(2)18-13(21)7-20-6-12(15)19-14(20)9-3-4-11(17)10(16)5-9/h3-6,8,14,19H,7H2,1-2H3,(H,18,21). The fourth-order valence-corrected chi connectivity index (χ4v) is 2.77. The number of nitrogens with one attached hydrogen (secondary N) is 2. The molecule has 0 radical (unpaired) electrons. The van der Waals surface area contributed by atoms with Gasteiger partial charge in [0.25, 0.3) is 0 Å². The van der Waals surface area contributed by atoms with Gasteiger partial charge in [0.2, 0.25) is 5.91 Å². The first-order valence-corrected chi connectivity index (χ1v) is 7.68. The van der Waals surface area contributed by atoms with E-state index in [-0.39, 0.29) is 29.7 Å². The molecule has 114 valence electrons. The number of benzene rings is 1. The Morgan fingerprint density at radius 3 is 2.90 bits per heavy atom. The van der Waals surface area contributed by atoms with E-state index in [0.29, 0.717) is 0 Å². The SMILES string of the molecule is CC(C)NC(=O)CN1C=C(Br)NC1c1ccc(F)c(Cl)c1. The van der Waals surface area contributed by atoms with Gasteiger partial charge < -0.3 is 15.5 Å². The number of rotatable bonds is 4. The van der Waals surface area contributed by atoms with E-state index in [1.807, 2.05) is 18.7 Å². The van der Waals surface area contributed by atoms with E-state index in [9.17, 15) is 9.18 Å². The van der Waals surface area contributed by atoms with E-state index in [4.69, 9.17) is 11.6 Å². The maximum Gasteiger partial charge on any atom is 0.239 e. The highest BCUT2D eigenvalue weighted by Crippen LogP contribution is 2.29. The van der Waals surface area contributed by atoms with Crippen molar-refractivity contribution < 1.29 is 9.18 Å². The monoisotopic (exact) mass is 375 g/mol.